The predicted molar refractivity (Wildman–Crippen MR) is 92.5 cm³/mol. The molecule has 0 saturated carbocycles. The number of halogens is 1. The molecule has 2 amide bonds. The van der Waals surface area contributed by atoms with E-state index in [-0.39, 0.29) is 24.3 Å². The molecule has 0 bridgehead atoms. The molecular formula is C18H26FN3O3. The van der Waals surface area contributed by atoms with Crippen molar-refractivity contribution in [3.05, 3.63) is 30.1 Å². The Balaban J connectivity index is 1.95. The van der Waals surface area contributed by atoms with E-state index in [0.29, 0.717) is 25.4 Å². The lowest BCUT2D eigenvalue weighted by molar-refractivity contribution is -0.142. The van der Waals surface area contributed by atoms with E-state index in [1.807, 2.05) is 0 Å². The van der Waals surface area contributed by atoms with Gasteiger partial charge in [0, 0.05) is 38.2 Å². The van der Waals surface area contributed by atoms with Gasteiger partial charge in [0.2, 0.25) is 5.91 Å². The summed E-state index contributed by atoms with van der Waals surface area (Å²) in [5, 5.41) is 2.83. The van der Waals surface area contributed by atoms with Gasteiger partial charge in [0.15, 0.2) is 6.10 Å². The molecule has 1 aromatic carbocycles. The maximum absolute atomic E-state index is 13.2. The number of rotatable bonds is 7. The number of amides is 2. The average Bonchev–Trinajstić information content (AvgIpc) is 2.60. The molecule has 0 aliphatic carbocycles. The van der Waals surface area contributed by atoms with Gasteiger partial charge in [-0.3, -0.25) is 9.59 Å². The SMILES string of the molecule is CC(Oc1cccc(F)c1)C(=O)N1CCCCC1CNC(=O)CCN. The number of piperidine rings is 1. The first-order valence-corrected chi connectivity index (χ1v) is 8.70. The summed E-state index contributed by atoms with van der Waals surface area (Å²) in [5.41, 5.74) is 5.37. The Morgan fingerprint density at radius 2 is 2.24 bits per heavy atom. The van der Waals surface area contributed by atoms with E-state index in [0.717, 1.165) is 19.3 Å². The summed E-state index contributed by atoms with van der Waals surface area (Å²) in [4.78, 5) is 26.1. The first-order chi connectivity index (χ1) is 12.0. The van der Waals surface area contributed by atoms with Crippen LogP contribution in [0.25, 0.3) is 0 Å². The molecule has 138 valence electrons. The minimum absolute atomic E-state index is 0.0541. The first-order valence-electron chi connectivity index (χ1n) is 8.70. The molecule has 2 atom stereocenters. The van der Waals surface area contributed by atoms with Gasteiger partial charge in [0.05, 0.1) is 0 Å². The van der Waals surface area contributed by atoms with Gasteiger partial charge in [-0.05, 0) is 38.3 Å². The summed E-state index contributed by atoms with van der Waals surface area (Å²) in [6.07, 6.45) is 2.33. The highest BCUT2D eigenvalue weighted by Crippen LogP contribution is 2.20. The summed E-state index contributed by atoms with van der Waals surface area (Å²) < 4.78 is 18.8. The van der Waals surface area contributed by atoms with Crippen LogP contribution in [0.3, 0.4) is 0 Å². The van der Waals surface area contributed by atoms with Gasteiger partial charge in [-0.25, -0.2) is 4.39 Å². The van der Waals surface area contributed by atoms with E-state index in [9.17, 15) is 14.0 Å². The van der Waals surface area contributed by atoms with Crippen LogP contribution in [-0.2, 0) is 9.59 Å². The quantitative estimate of drug-likeness (QED) is 0.778. The van der Waals surface area contributed by atoms with Crippen LogP contribution >= 0.6 is 0 Å². The molecule has 1 aliphatic rings. The zero-order chi connectivity index (χ0) is 18.2. The second kappa shape index (κ2) is 9.36. The van der Waals surface area contributed by atoms with Gasteiger partial charge in [0.1, 0.15) is 11.6 Å². The van der Waals surface area contributed by atoms with Crippen LogP contribution in [0, 0.1) is 5.82 Å². The zero-order valence-corrected chi connectivity index (χ0v) is 14.5. The second-order valence-corrected chi connectivity index (χ2v) is 6.24. The number of hydrogen-bond acceptors (Lipinski definition) is 4. The number of benzene rings is 1. The molecule has 6 nitrogen and oxygen atoms in total. The lowest BCUT2D eigenvalue weighted by atomic mass is 10.0. The molecule has 25 heavy (non-hydrogen) atoms. The van der Waals surface area contributed by atoms with Crippen LogP contribution in [0.5, 0.6) is 5.75 Å². The fourth-order valence-electron chi connectivity index (χ4n) is 2.98. The monoisotopic (exact) mass is 351 g/mol. The number of likely N-dealkylation sites (tertiary alicyclic amines) is 1. The molecule has 7 heteroatoms. The van der Waals surface area contributed by atoms with Gasteiger partial charge in [-0.15, -0.1) is 0 Å². The molecular weight excluding hydrogens is 325 g/mol. The van der Waals surface area contributed by atoms with Crippen LogP contribution in [-0.4, -0.2) is 48.5 Å². The molecule has 0 spiro atoms. The smallest absolute Gasteiger partial charge is 0.263 e. The first kappa shape index (κ1) is 19.2. The summed E-state index contributed by atoms with van der Waals surface area (Å²) in [7, 11) is 0. The van der Waals surface area contributed by atoms with Gasteiger partial charge in [-0.2, -0.15) is 0 Å². The largest absolute Gasteiger partial charge is 0.481 e. The molecule has 2 rings (SSSR count). The van der Waals surface area contributed by atoms with Crippen molar-refractivity contribution in [3.63, 3.8) is 0 Å². The fraction of sp³-hybridized carbons (Fsp3) is 0.556. The van der Waals surface area contributed by atoms with Crippen molar-refractivity contribution in [3.8, 4) is 5.75 Å². The molecule has 0 radical (unpaired) electrons. The molecule has 1 aliphatic heterocycles. The third kappa shape index (κ3) is 5.70. The molecule has 1 saturated heterocycles. The Hall–Kier alpha value is -2.15. The Morgan fingerprint density at radius 1 is 1.44 bits per heavy atom. The molecule has 0 aromatic heterocycles. The highest BCUT2D eigenvalue weighted by molar-refractivity contribution is 5.81. The van der Waals surface area contributed by atoms with Crippen LogP contribution < -0.4 is 15.8 Å². The number of nitrogens with one attached hydrogen (secondary N) is 1. The number of nitrogens with two attached hydrogens (primary N) is 1. The minimum atomic E-state index is -0.720. The third-order valence-corrected chi connectivity index (χ3v) is 4.27. The van der Waals surface area contributed by atoms with Crippen molar-refractivity contribution in [1.29, 1.82) is 0 Å². The number of hydrogen-bond donors (Lipinski definition) is 2. The van der Waals surface area contributed by atoms with Crippen molar-refractivity contribution in [1.82, 2.24) is 10.2 Å². The molecule has 2 unspecified atom stereocenters. The Morgan fingerprint density at radius 3 is 2.96 bits per heavy atom. The number of nitrogens with zero attached hydrogens (tertiary/aromatic N) is 1. The van der Waals surface area contributed by atoms with Crippen LogP contribution in [0.2, 0.25) is 0 Å². The Kier molecular flexibility index (Phi) is 7.18. The summed E-state index contributed by atoms with van der Waals surface area (Å²) in [6.45, 7) is 3.01. The summed E-state index contributed by atoms with van der Waals surface area (Å²) in [5.74, 6) is -0.340. The average molecular weight is 351 g/mol. The van der Waals surface area contributed by atoms with Gasteiger partial charge in [0.25, 0.3) is 5.91 Å². The number of carbonyl (C=O) groups excluding carboxylic acids is 2. The zero-order valence-electron chi connectivity index (χ0n) is 14.5. The molecule has 3 N–H and O–H groups in total. The van der Waals surface area contributed by atoms with E-state index < -0.39 is 11.9 Å². The topological polar surface area (TPSA) is 84.7 Å². The normalized spacial score (nSPS) is 18.5. The van der Waals surface area contributed by atoms with Crippen molar-refractivity contribution in [2.45, 2.75) is 44.8 Å². The molecule has 1 fully saturated rings. The Bertz CT molecular complexity index is 597. The second-order valence-electron chi connectivity index (χ2n) is 6.24. The van der Waals surface area contributed by atoms with Gasteiger partial charge >= 0.3 is 0 Å². The van der Waals surface area contributed by atoms with Crippen molar-refractivity contribution in [2.24, 2.45) is 5.73 Å². The van der Waals surface area contributed by atoms with Gasteiger partial charge < -0.3 is 20.7 Å². The maximum atomic E-state index is 13.2. The fourth-order valence-corrected chi connectivity index (χ4v) is 2.98. The lowest BCUT2D eigenvalue weighted by Crippen LogP contribution is -2.52. The van der Waals surface area contributed by atoms with Gasteiger partial charge in [-0.1, -0.05) is 6.07 Å². The minimum Gasteiger partial charge on any atom is -0.481 e. The van der Waals surface area contributed by atoms with Crippen LogP contribution in [0.1, 0.15) is 32.6 Å². The van der Waals surface area contributed by atoms with Crippen LogP contribution in [0.15, 0.2) is 24.3 Å². The standard InChI is InChI=1S/C18H26FN3O3/c1-13(25-16-7-4-5-14(19)11-16)18(24)22-10-3-2-6-15(22)12-21-17(23)8-9-20/h4-5,7,11,13,15H,2-3,6,8-10,12,20H2,1H3,(H,21,23). The van der Waals surface area contributed by atoms with E-state index >= 15 is 0 Å². The highest BCUT2D eigenvalue weighted by atomic mass is 19.1. The predicted octanol–water partition coefficient (Wildman–Crippen LogP) is 1.44. The molecule has 1 aromatic rings. The van der Waals surface area contributed by atoms with E-state index in [1.165, 1.54) is 12.1 Å². The van der Waals surface area contributed by atoms with Crippen molar-refractivity contribution in [2.75, 3.05) is 19.6 Å². The van der Waals surface area contributed by atoms with Crippen molar-refractivity contribution < 1.29 is 18.7 Å². The van der Waals surface area contributed by atoms with E-state index in [2.05, 4.69) is 5.32 Å². The number of ether oxygens (including phenoxy) is 1. The summed E-state index contributed by atoms with van der Waals surface area (Å²) in [6, 6.07) is 5.68. The number of carbonyl (C=O) groups is 2. The highest BCUT2D eigenvalue weighted by Gasteiger charge is 2.30. The Labute approximate surface area is 147 Å². The maximum Gasteiger partial charge on any atom is 0.263 e. The molecule has 1 heterocycles. The van der Waals surface area contributed by atoms with E-state index in [1.54, 1.807) is 24.0 Å². The lowest BCUT2D eigenvalue weighted by Gasteiger charge is -2.37. The van der Waals surface area contributed by atoms with Crippen molar-refractivity contribution >= 4 is 11.8 Å². The summed E-state index contributed by atoms with van der Waals surface area (Å²) >= 11 is 0. The van der Waals surface area contributed by atoms with Crippen LogP contribution in [0.4, 0.5) is 4.39 Å². The van der Waals surface area contributed by atoms with E-state index in [4.69, 9.17) is 10.5 Å². The third-order valence-electron chi connectivity index (χ3n) is 4.27.